The van der Waals surface area contributed by atoms with Gasteiger partial charge in [0.2, 0.25) is 0 Å². The molecule has 1 fully saturated rings. The Bertz CT molecular complexity index is 3250. The van der Waals surface area contributed by atoms with Crippen LogP contribution in [-0.2, 0) is 29.7 Å². The number of nitrogens with one attached hydrogen (secondary N) is 2. The minimum atomic E-state index is -6.02. The second-order valence-corrected chi connectivity index (χ2v) is 25.4. The van der Waals surface area contributed by atoms with Crippen LogP contribution in [-0.4, -0.2) is 105 Å². The Morgan fingerprint density at radius 3 is 2.00 bits per heavy atom. The number of rotatable bonds is 20. The molecular formula is C52H59ClF4N6O6S4. The summed E-state index contributed by atoms with van der Waals surface area (Å²) in [4.78, 5) is 5.27. The molecule has 1 aromatic heterocycles. The number of sulfonamides is 1. The van der Waals surface area contributed by atoms with Gasteiger partial charge in [0.1, 0.15) is 10.7 Å². The number of sulfone groups is 2. The van der Waals surface area contributed by atoms with Gasteiger partial charge in [-0.1, -0.05) is 48.9 Å². The second-order valence-electron chi connectivity index (χ2n) is 18.4. The minimum absolute atomic E-state index is 0.0827. The number of hydrogen-bond donors (Lipinski definition) is 2. The van der Waals surface area contributed by atoms with Gasteiger partial charge in [-0.3, -0.25) is 4.72 Å². The maximum absolute atomic E-state index is 15.7. The van der Waals surface area contributed by atoms with Gasteiger partial charge in [-0.25, -0.2) is 29.6 Å². The Morgan fingerprint density at radius 1 is 0.781 bits per heavy atom. The first kappa shape index (κ1) is 55.5. The molecule has 2 heterocycles. The van der Waals surface area contributed by atoms with Gasteiger partial charge in [-0.05, 0) is 150 Å². The molecule has 73 heavy (non-hydrogen) atoms. The van der Waals surface area contributed by atoms with Crippen LogP contribution < -0.4 is 19.8 Å². The first-order valence-corrected chi connectivity index (χ1v) is 29.8. The number of aromatic nitrogens is 1. The van der Waals surface area contributed by atoms with E-state index in [9.17, 15) is 38.4 Å². The summed E-state index contributed by atoms with van der Waals surface area (Å²) >= 11 is 7.70. The van der Waals surface area contributed by atoms with Crippen LogP contribution in [0.25, 0.3) is 22.4 Å². The Hall–Kier alpha value is -5.25. The van der Waals surface area contributed by atoms with E-state index in [1.54, 1.807) is 37.3 Å². The molecule has 0 amide bonds. The molecule has 0 aliphatic carbocycles. The molecule has 392 valence electrons. The van der Waals surface area contributed by atoms with Crippen LogP contribution in [0.2, 0.25) is 5.02 Å². The summed E-state index contributed by atoms with van der Waals surface area (Å²) in [6.45, 7) is 10.9. The second kappa shape index (κ2) is 22.7. The molecule has 0 bridgehead atoms. The topological polar surface area (TPSA) is 141 Å². The highest BCUT2D eigenvalue weighted by Gasteiger charge is 2.48. The van der Waals surface area contributed by atoms with E-state index in [1.807, 2.05) is 79.8 Å². The molecule has 12 nitrogen and oxygen atoms in total. The lowest BCUT2D eigenvalue weighted by molar-refractivity contribution is -0.0435. The van der Waals surface area contributed by atoms with Crippen LogP contribution in [0.5, 0.6) is 0 Å². The van der Waals surface area contributed by atoms with E-state index in [0.29, 0.717) is 84.2 Å². The van der Waals surface area contributed by atoms with Gasteiger partial charge >= 0.3 is 5.51 Å². The number of anilines is 4. The van der Waals surface area contributed by atoms with Crippen molar-refractivity contribution in [1.82, 2.24) is 9.47 Å². The van der Waals surface area contributed by atoms with E-state index in [2.05, 4.69) is 19.8 Å². The maximum Gasteiger partial charge on any atom is 0.501 e. The number of piperazine rings is 1. The lowest BCUT2D eigenvalue weighted by Gasteiger charge is -2.37. The average Bonchev–Trinajstić information content (AvgIpc) is 3.66. The van der Waals surface area contributed by atoms with Crippen molar-refractivity contribution in [2.45, 2.75) is 77.7 Å². The number of alkyl halides is 3. The summed E-state index contributed by atoms with van der Waals surface area (Å²) in [5.74, 6) is -0.160. The summed E-state index contributed by atoms with van der Waals surface area (Å²) in [5, 5.41) is 3.52. The number of nitrogens with zero attached hydrogens (tertiary/aromatic N) is 4. The molecule has 5 aromatic carbocycles. The molecule has 1 atom stereocenters. The van der Waals surface area contributed by atoms with Gasteiger partial charge in [-0.2, -0.15) is 13.2 Å². The van der Waals surface area contributed by atoms with E-state index in [4.69, 9.17) is 11.6 Å². The van der Waals surface area contributed by atoms with Crippen molar-refractivity contribution in [1.29, 1.82) is 0 Å². The van der Waals surface area contributed by atoms with Gasteiger partial charge in [0, 0.05) is 88.5 Å². The molecule has 1 aliphatic heterocycles. The fourth-order valence-electron chi connectivity index (χ4n) is 9.16. The Morgan fingerprint density at radius 2 is 1.41 bits per heavy atom. The molecule has 2 N–H and O–H groups in total. The third-order valence-corrected chi connectivity index (χ3v) is 18.1. The van der Waals surface area contributed by atoms with Crippen molar-refractivity contribution in [2.24, 2.45) is 0 Å². The summed E-state index contributed by atoms with van der Waals surface area (Å²) in [6.07, 6.45) is 2.49. The molecule has 0 radical (unpaired) electrons. The first-order chi connectivity index (χ1) is 34.4. The predicted molar refractivity (Wildman–Crippen MR) is 287 cm³/mol. The van der Waals surface area contributed by atoms with Crippen molar-refractivity contribution in [2.75, 3.05) is 78.2 Å². The van der Waals surface area contributed by atoms with E-state index in [-0.39, 0.29) is 22.3 Å². The number of hydrogen-bond acceptors (Lipinski definition) is 11. The van der Waals surface area contributed by atoms with E-state index in [0.717, 1.165) is 47.5 Å². The van der Waals surface area contributed by atoms with Crippen molar-refractivity contribution in [3.05, 3.63) is 132 Å². The molecular weight excluding hydrogens is 1040 g/mol. The predicted octanol–water partition coefficient (Wildman–Crippen LogP) is 11.6. The molecule has 0 spiro atoms. The highest BCUT2D eigenvalue weighted by molar-refractivity contribution is 7.99. The van der Waals surface area contributed by atoms with Gasteiger partial charge in [0.25, 0.3) is 19.9 Å². The normalized spacial score (nSPS) is 14.3. The molecule has 0 unspecified atom stereocenters. The largest absolute Gasteiger partial charge is 0.501 e. The van der Waals surface area contributed by atoms with Gasteiger partial charge in [0.15, 0.2) is 9.84 Å². The van der Waals surface area contributed by atoms with Crippen LogP contribution in [0.4, 0.5) is 40.3 Å². The Kier molecular flexibility index (Phi) is 17.3. The summed E-state index contributed by atoms with van der Waals surface area (Å²) < 4.78 is 144. The van der Waals surface area contributed by atoms with Crippen molar-refractivity contribution >= 4 is 75.8 Å². The fourth-order valence-corrected chi connectivity index (χ4v) is 13.6. The maximum atomic E-state index is 15.7. The standard InChI is InChI=1S/C52H59ClF4N6O6S4/c1-7-24-60(5)25-23-42(34-70-45-11-9-8-10-12-45)58-47-22-21-46(33-48(47)72(66,67)52(55,56)57)73(68,69)59-41-17-19-43(20-18-41)61-26-28-62(29-27-61)44-31-38(30-40(54)32-44)49-50(37-13-15-39(53)16-14-37)63(35(2)3)36(4)51(49)71(6,64)65/h8-22,30-33,35,42,58-59H,7,23-29,34H2,1-6H3/t42-/m1/s1. The molecule has 1 aliphatic rings. The van der Waals surface area contributed by atoms with Crippen molar-refractivity contribution < 1.29 is 42.8 Å². The fraction of sp³-hybridized carbons (Fsp3) is 0.346. The lowest BCUT2D eigenvalue weighted by atomic mass is 9.99. The van der Waals surface area contributed by atoms with E-state index in [1.165, 1.54) is 36.0 Å². The van der Waals surface area contributed by atoms with E-state index < -0.39 is 56.9 Å². The zero-order chi connectivity index (χ0) is 53.0. The first-order valence-electron chi connectivity index (χ1n) is 23.6. The number of halogens is 5. The molecule has 21 heteroatoms. The van der Waals surface area contributed by atoms with Crippen LogP contribution >= 0.6 is 23.4 Å². The highest BCUT2D eigenvalue weighted by Crippen LogP contribution is 2.45. The molecule has 1 saturated heterocycles. The third-order valence-electron chi connectivity index (χ3n) is 12.6. The zero-order valence-corrected chi connectivity index (χ0v) is 45.3. The van der Waals surface area contributed by atoms with Gasteiger partial charge in [-0.15, -0.1) is 11.8 Å². The molecule has 7 rings (SSSR count). The average molecular weight is 1100 g/mol. The van der Waals surface area contributed by atoms with Crippen molar-refractivity contribution in [3.8, 4) is 22.4 Å². The minimum Gasteiger partial charge on any atom is -0.380 e. The van der Waals surface area contributed by atoms with Crippen LogP contribution in [0.3, 0.4) is 0 Å². The summed E-state index contributed by atoms with van der Waals surface area (Å²) in [7, 11) is -12.5. The number of benzene rings is 5. The third kappa shape index (κ3) is 13.0. The Balaban J connectivity index is 1.09. The number of thioether (sulfide) groups is 1. The lowest BCUT2D eigenvalue weighted by Crippen LogP contribution is -2.46. The molecule has 0 saturated carbocycles. The summed E-state index contributed by atoms with van der Waals surface area (Å²) in [5.41, 5.74) is -2.04. The highest BCUT2D eigenvalue weighted by atomic mass is 35.5. The monoisotopic (exact) mass is 1100 g/mol. The van der Waals surface area contributed by atoms with Gasteiger partial charge in [0.05, 0.1) is 21.2 Å². The van der Waals surface area contributed by atoms with Crippen molar-refractivity contribution in [3.63, 3.8) is 0 Å². The van der Waals surface area contributed by atoms with Crippen LogP contribution in [0, 0.1) is 12.7 Å². The smallest absolute Gasteiger partial charge is 0.380 e. The Labute approximate surface area is 435 Å². The van der Waals surface area contributed by atoms with Crippen LogP contribution in [0.1, 0.15) is 45.3 Å². The quantitative estimate of drug-likeness (QED) is 0.0557. The van der Waals surface area contributed by atoms with Crippen LogP contribution in [0.15, 0.2) is 135 Å². The molecule has 6 aromatic rings. The summed E-state index contributed by atoms with van der Waals surface area (Å²) in [6, 6.07) is 29.4. The van der Waals surface area contributed by atoms with Gasteiger partial charge < -0.3 is 24.6 Å². The van der Waals surface area contributed by atoms with E-state index >= 15 is 4.39 Å². The SMILES string of the molecule is CCCN(C)CC[C@H](CSc1ccccc1)Nc1ccc(S(=O)(=O)Nc2ccc(N3CCN(c4cc(F)cc(-c5c(S(C)(=O)=O)c(C)n(C(C)C)c5-c5ccc(Cl)cc5)c4)CC3)cc2)cc1S(=O)(=O)C(F)(F)F. The zero-order valence-electron chi connectivity index (χ0n) is 41.2.